The van der Waals surface area contributed by atoms with Crippen LogP contribution in [-0.2, 0) is 39.0 Å². The molecule has 0 aromatic heterocycles. The van der Waals surface area contributed by atoms with Crippen molar-refractivity contribution in [1.29, 1.82) is 0 Å². The van der Waals surface area contributed by atoms with Crippen LogP contribution in [-0.4, -0.2) is 28.8 Å². The summed E-state index contributed by atoms with van der Waals surface area (Å²) in [6.45, 7) is 24.7. The summed E-state index contributed by atoms with van der Waals surface area (Å²) >= 11 is 0.0799. The van der Waals surface area contributed by atoms with Gasteiger partial charge in [0, 0.05) is 26.2 Å². The molecule has 0 unspecified atom stereocenters. The molecule has 0 aliphatic carbocycles. The van der Waals surface area contributed by atoms with Gasteiger partial charge in [-0.2, -0.15) is 0 Å². The second-order valence-electron chi connectivity index (χ2n) is 12.1. The van der Waals surface area contributed by atoms with Crippen molar-refractivity contribution in [2.75, 3.05) is 23.7 Å². The van der Waals surface area contributed by atoms with Gasteiger partial charge in [-0.25, -0.2) is 0 Å². The quantitative estimate of drug-likeness (QED) is 0.119. The molecule has 4 heteroatoms. The monoisotopic (exact) mass is 728 g/mol. The van der Waals surface area contributed by atoms with Gasteiger partial charge >= 0.3 is 186 Å². The van der Waals surface area contributed by atoms with Gasteiger partial charge in [-0.15, -0.1) is 0 Å². The summed E-state index contributed by atoms with van der Waals surface area (Å²) in [5.41, 5.74) is 19.9. The molecule has 44 heavy (non-hydrogen) atoms. The normalized spacial score (nSPS) is 10.5. The molecule has 4 rings (SSSR count). The Labute approximate surface area is 295 Å². The maximum Gasteiger partial charge on any atom is 0 e. The predicted molar refractivity (Wildman–Crippen MR) is 194 cm³/mol. The second-order valence-corrected chi connectivity index (χ2v) is 15.2. The Morgan fingerprint density at radius 3 is 0.977 bits per heavy atom. The van der Waals surface area contributed by atoms with Gasteiger partial charge in [-0.3, -0.25) is 0 Å². The zero-order valence-corrected chi connectivity index (χ0v) is 33.6. The largest absolute Gasteiger partial charge is 0.0622 e. The number of nitrogens with one attached hydrogen (secondary N) is 2. The summed E-state index contributed by atoms with van der Waals surface area (Å²) in [6.07, 6.45) is 2.26. The van der Waals surface area contributed by atoms with Crippen molar-refractivity contribution < 1.29 is 26.2 Å². The van der Waals surface area contributed by atoms with Crippen LogP contribution in [0.3, 0.4) is 0 Å². The van der Waals surface area contributed by atoms with Crippen molar-refractivity contribution in [3.05, 3.63) is 127 Å². The van der Waals surface area contributed by atoms with Crippen LogP contribution in [0.5, 0.6) is 0 Å². The van der Waals surface area contributed by atoms with E-state index in [0.717, 1.165) is 25.9 Å². The van der Waals surface area contributed by atoms with E-state index in [1.54, 1.807) is 0 Å². The Hall–Kier alpha value is -2.08. The SMILES string of the molecule is Cc1c(C)c(C)c(NCC[AsH]CCNc2c(C)c(C)c(C)c(C)c2C)c(C)c1C.[Zr].c1ccc(CCc2ccccc2)cc1. The topological polar surface area (TPSA) is 24.1 Å². The Kier molecular flexibility index (Phi) is 16.3. The van der Waals surface area contributed by atoms with Crippen LogP contribution < -0.4 is 10.6 Å². The second kappa shape index (κ2) is 18.8. The molecule has 0 saturated carbocycles. The molecule has 4 aromatic carbocycles. The molecule has 0 atom stereocenters. The van der Waals surface area contributed by atoms with Crippen LogP contribution >= 0.6 is 0 Å². The van der Waals surface area contributed by atoms with E-state index in [0.29, 0.717) is 0 Å². The van der Waals surface area contributed by atoms with Crippen molar-refractivity contribution in [2.45, 2.75) is 92.5 Å². The molecular formula is C40H55AsN2Zr. The first kappa shape index (κ1) is 38.1. The molecule has 0 aliphatic rings. The molecule has 0 fully saturated rings. The molecule has 0 bridgehead atoms. The van der Waals surface area contributed by atoms with Crippen LogP contribution in [0.25, 0.3) is 0 Å². The van der Waals surface area contributed by atoms with E-state index in [1.165, 1.54) is 88.6 Å². The smallest absolute Gasteiger partial charge is 0 e. The van der Waals surface area contributed by atoms with E-state index in [1.807, 2.05) is 0 Å². The van der Waals surface area contributed by atoms with Gasteiger partial charge in [0.25, 0.3) is 0 Å². The first-order valence-corrected chi connectivity index (χ1v) is 18.9. The number of hydrogen-bond acceptors (Lipinski definition) is 2. The summed E-state index contributed by atoms with van der Waals surface area (Å²) in [7, 11) is 0. The fourth-order valence-electron chi connectivity index (χ4n) is 5.79. The number of hydrogen-bond donors (Lipinski definition) is 2. The summed E-state index contributed by atoms with van der Waals surface area (Å²) < 4.78 is 0. The van der Waals surface area contributed by atoms with Gasteiger partial charge in [-0.1, -0.05) is 60.7 Å². The molecule has 234 valence electrons. The summed E-state index contributed by atoms with van der Waals surface area (Å²) in [5.74, 6) is 0. The molecule has 2 N–H and O–H groups in total. The van der Waals surface area contributed by atoms with Gasteiger partial charge in [0.05, 0.1) is 0 Å². The van der Waals surface area contributed by atoms with E-state index >= 15 is 0 Å². The standard InChI is InChI=1S/C26H41AsN2.C14H14.Zr/c1-15-17(3)21(7)25(22(8)18(15)4)28-13-11-27-12-14-29-26-23(9)19(5)16(2)20(6)24(26)10;1-3-7-13(8-4-1)11-12-14-9-5-2-6-10-14;/h27-29H,11-14H2,1-10H3;1-10H,11-12H2;. The zero-order valence-electron chi connectivity index (χ0n) is 29.0. The van der Waals surface area contributed by atoms with E-state index < -0.39 is 0 Å². The third-order valence-corrected chi connectivity index (χ3v) is 12.1. The number of anilines is 2. The van der Waals surface area contributed by atoms with Crippen molar-refractivity contribution >= 4 is 27.1 Å². The molecule has 4 aromatic rings. The Morgan fingerprint density at radius 1 is 0.409 bits per heavy atom. The number of aryl methyl sites for hydroxylation is 2. The van der Waals surface area contributed by atoms with Crippen molar-refractivity contribution in [3.63, 3.8) is 0 Å². The third-order valence-electron chi connectivity index (χ3n) is 9.60. The molecule has 0 heterocycles. The molecule has 0 saturated heterocycles. The van der Waals surface area contributed by atoms with Crippen molar-refractivity contribution in [2.24, 2.45) is 0 Å². The fraction of sp³-hybridized carbons (Fsp3) is 0.400. The van der Waals surface area contributed by atoms with Gasteiger partial charge in [-0.05, 0) is 24.0 Å². The minimum absolute atomic E-state index is 0. The average molecular weight is 730 g/mol. The van der Waals surface area contributed by atoms with Crippen LogP contribution in [0, 0.1) is 69.2 Å². The van der Waals surface area contributed by atoms with Gasteiger partial charge in [0.15, 0.2) is 0 Å². The summed E-state index contributed by atoms with van der Waals surface area (Å²) in [5, 5.41) is 10.2. The van der Waals surface area contributed by atoms with Crippen LogP contribution in [0.4, 0.5) is 11.4 Å². The third kappa shape index (κ3) is 10.2. The number of benzene rings is 4. The maximum absolute atomic E-state index is 3.75. The summed E-state index contributed by atoms with van der Waals surface area (Å²) in [4.78, 5) is 0. The van der Waals surface area contributed by atoms with E-state index in [4.69, 9.17) is 0 Å². The van der Waals surface area contributed by atoms with E-state index in [-0.39, 0.29) is 42.0 Å². The van der Waals surface area contributed by atoms with E-state index in [9.17, 15) is 0 Å². The number of rotatable bonds is 11. The van der Waals surface area contributed by atoms with E-state index in [2.05, 4.69) is 141 Å². The maximum atomic E-state index is 3.75. The minimum Gasteiger partial charge on any atom is -0.0622 e. The predicted octanol–water partition coefficient (Wildman–Crippen LogP) is 10.0. The Balaban J connectivity index is 0.000000375. The molecule has 0 spiro atoms. The summed E-state index contributed by atoms with van der Waals surface area (Å²) in [6, 6.07) is 21.2. The molecule has 0 aliphatic heterocycles. The first-order chi connectivity index (χ1) is 20.5. The average Bonchev–Trinajstić information content (AvgIpc) is 3.03. The molecular weight excluding hydrogens is 675 g/mol. The van der Waals surface area contributed by atoms with Gasteiger partial charge in [0.2, 0.25) is 0 Å². The van der Waals surface area contributed by atoms with Gasteiger partial charge in [0.1, 0.15) is 0 Å². The van der Waals surface area contributed by atoms with Crippen LogP contribution in [0.15, 0.2) is 60.7 Å². The molecule has 2 nitrogen and oxygen atoms in total. The Morgan fingerprint density at radius 2 is 0.682 bits per heavy atom. The van der Waals surface area contributed by atoms with Crippen LogP contribution in [0.2, 0.25) is 10.4 Å². The van der Waals surface area contributed by atoms with Crippen molar-refractivity contribution in [3.8, 4) is 0 Å². The zero-order chi connectivity index (χ0) is 31.5. The first-order valence-electron chi connectivity index (χ1n) is 15.9. The van der Waals surface area contributed by atoms with Crippen molar-refractivity contribution in [1.82, 2.24) is 0 Å². The molecule has 0 radical (unpaired) electrons. The fourth-order valence-corrected chi connectivity index (χ4v) is 7.58. The Bertz CT molecular complexity index is 1310. The van der Waals surface area contributed by atoms with Gasteiger partial charge < -0.3 is 0 Å². The minimum atomic E-state index is 0. The van der Waals surface area contributed by atoms with Crippen LogP contribution in [0.1, 0.15) is 66.8 Å². The molecule has 0 amide bonds.